The van der Waals surface area contributed by atoms with Gasteiger partial charge in [0, 0.05) is 29.1 Å². The van der Waals surface area contributed by atoms with Gasteiger partial charge in [0.25, 0.3) is 0 Å². The molecule has 0 fully saturated rings. The van der Waals surface area contributed by atoms with Crippen molar-refractivity contribution in [2.45, 2.75) is 28.6 Å². The normalized spacial score (nSPS) is 12.5. The van der Waals surface area contributed by atoms with Gasteiger partial charge in [0.2, 0.25) is 0 Å². The van der Waals surface area contributed by atoms with Gasteiger partial charge in [-0.2, -0.15) is 13.2 Å². The summed E-state index contributed by atoms with van der Waals surface area (Å²) in [6, 6.07) is 20.7. The first kappa shape index (κ1) is 26.8. The smallest absolute Gasteiger partial charge is 0.416 e. The summed E-state index contributed by atoms with van der Waals surface area (Å²) in [6.45, 7) is -0.489. The van der Waals surface area contributed by atoms with Crippen molar-refractivity contribution in [3.8, 4) is 11.1 Å². The number of carbonyl (C=O) groups is 2. The van der Waals surface area contributed by atoms with E-state index in [-0.39, 0.29) is 38.6 Å². The molecule has 10 heteroatoms. The zero-order valence-electron chi connectivity index (χ0n) is 20.2. The van der Waals surface area contributed by atoms with Crippen LogP contribution in [0.3, 0.4) is 0 Å². The number of hydrogen-bond acceptors (Lipinski definition) is 5. The first-order valence-electron chi connectivity index (χ1n) is 11.8. The maximum atomic E-state index is 13.9. The van der Waals surface area contributed by atoms with Crippen LogP contribution in [0.1, 0.15) is 38.5 Å². The Bertz CT molecular complexity index is 1520. The molecule has 0 saturated heterocycles. The number of aromatic nitrogens is 1. The van der Waals surface area contributed by atoms with Crippen molar-refractivity contribution in [2.24, 2.45) is 0 Å². The van der Waals surface area contributed by atoms with E-state index in [0.29, 0.717) is 6.29 Å². The fraction of sp³-hybridized carbons (Fsp3) is 0.138. The van der Waals surface area contributed by atoms with Gasteiger partial charge in [-0.1, -0.05) is 71.9 Å². The number of amides is 1. The van der Waals surface area contributed by atoms with Crippen LogP contribution in [-0.4, -0.2) is 24.0 Å². The van der Waals surface area contributed by atoms with E-state index in [1.165, 1.54) is 12.3 Å². The number of alkyl carbamates (subject to hydrolysis) is 1. The Morgan fingerprint density at radius 1 is 1.00 bits per heavy atom. The molecule has 0 atom stereocenters. The van der Waals surface area contributed by atoms with Crippen LogP contribution in [0.5, 0.6) is 0 Å². The molecule has 5 nitrogen and oxygen atoms in total. The second-order valence-electron chi connectivity index (χ2n) is 8.70. The minimum atomic E-state index is -4.71. The van der Waals surface area contributed by atoms with E-state index in [1.54, 1.807) is 6.07 Å². The van der Waals surface area contributed by atoms with Crippen LogP contribution in [0.2, 0.25) is 5.02 Å². The summed E-state index contributed by atoms with van der Waals surface area (Å²) in [5.41, 5.74) is 3.13. The molecule has 1 heterocycles. The summed E-state index contributed by atoms with van der Waals surface area (Å²) in [5, 5.41) is 2.66. The van der Waals surface area contributed by atoms with Crippen LogP contribution in [0.15, 0.2) is 88.9 Å². The largest absolute Gasteiger partial charge is 0.449 e. The van der Waals surface area contributed by atoms with E-state index in [1.807, 2.05) is 48.5 Å². The molecule has 0 bridgehead atoms. The molecule has 4 aromatic rings. The number of pyridine rings is 1. The first-order valence-corrected chi connectivity index (χ1v) is 13.0. The molecule has 5 rings (SSSR count). The number of benzene rings is 3. The Kier molecular flexibility index (Phi) is 7.63. The molecule has 1 aromatic heterocycles. The quantitative estimate of drug-likeness (QED) is 0.231. The molecule has 0 saturated carbocycles. The molecular formula is C29H20ClF3N2O3S. The van der Waals surface area contributed by atoms with E-state index >= 15 is 0 Å². The SMILES string of the molecule is O=Cc1cccnc1Sc1c(Cl)ccc(C(F)(F)F)c1CNC(=O)OCC1c2ccccc2-c2ccccc21. The van der Waals surface area contributed by atoms with Crippen LogP contribution in [0, 0.1) is 0 Å². The molecule has 0 radical (unpaired) electrons. The number of rotatable bonds is 7. The summed E-state index contributed by atoms with van der Waals surface area (Å²) in [7, 11) is 0. The number of nitrogens with zero attached hydrogens (tertiary/aromatic N) is 1. The highest BCUT2D eigenvalue weighted by Gasteiger charge is 2.35. The van der Waals surface area contributed by atoms with Crippen LogP contribution < -0.4 is 5.32 Å². The molecule has 1 aliphatic rings. The fourth-order valence-electron chi connectivity index (χ4n) is 4.64. The van der Waals surface area contributed by atoms with E-state index in [9.17, 15) is 22.8 Å². The Balaban J connectivity index is 1.36. The third-order valence-electron chi connectivity index (χ3n) is 6.40. The lowest BCUT2D eigenvalue weighted by Crippen LogP contribution is -2.27. The second-order valence-corrected chi connectivity index (χ2v) is 10.1. The van der Waals surface area contributed by atoms with Crippen molar-refractivity contribution in [3.05, 3.63) is 112 Å². The molecular weight excluding hydrogens is 549 g/mol. The highest BCUT2D eigenvalue weighted by molar-refractivity contribution is 7.99. The van der Waals surface area contributed by atoms with Gasteiger partial charge in [-0.25, -0.2) is 9.78 Å². The van der Waals surface area contributed by atoms with E-state index < -0.39 is 24.4 Å². The number of alkyl halides is 3. The van der Waals surface area contributed by atoms with Crippen LogP contribution in [0.25, 0.3) is 11.1 Å². The molecule has 39 heavy (non-hydrogen) atoms. The van der Waals surface area contributed by atoms with Gasteiger partial charge in [-0.3, -0.25) is 4.79 Å². The molecule has 1 N–H and O–H groups in total. The molecule has 1 aliphatic carbocycles. The number of carbonyl (C=O) groups excluding carboxylic acids is 2. The van der Waals surface area contributed by atoms with E-state index in [2.05, 4.69) is 10.3 Å². The predicted octanol–water partition coefficient (Wildman–Crippen LogP) is 7.76. The second kappa shape index (κ2) is 11.1. The summed E-state index contributed by atoms with van der Waals surface area (Å²) < 4.78 is 47.3. The third kappa shape index (κ3) is 5.51. The average Bonchev–Trinajstić information content (AvgIpc) is 3.25. The summed E-state index contributed by atoms with van der Waals surface area (Å²) in [6.07, 6.45) is -3.60. The van der Waals surface area contributed by atoms with Crippen molar-refractivity contribution in [1.82, 2.24) is 10.3 Å². The van der Waals surface area contributed by atoms with E-state index in [4.69, 9.17) is 16.3 Å². The van der Waals surface area contributed by atoms with Gasteiger partial charge in [-0.05, 0) is 52.1 Å². The van der Waals surface area contributed by atoms with Crippen molar-refractivity contribution in [3.63, 3.8) is 0 Å². The van der Waals surface area contributed by atoms with Crippen molar-refractivity contribution < 1.29 is 27.5 Å². The van der Waals surface area contributed by atoms with E-state index in [0.717, 1.165) is 46.1 Å². The van der Waals surface area contributed by atoms with Crippen LogP contribution >= 0.6 is 23.4 Å². The topological polar surface area (TPSA) is 68.3 Å². The zero-order valence-corrected chi connectivity index (χ0v) is 21.7. The first-order chi connectivity index (χ1) is 18.8. The number of aldehydes is 1. The lowest BCUT2D eigenvalue weighted by atomic mass is 9.98. The van der Waals surface area contributed by atoms with Gasteiger partial charge in [-0.15, -0.1) is 0 Å². The van der Waals surface area contributed by atoms with Crippen molar-refractivity contribution in [2.75, 3.05) is 6.61 Å². The minimum absolute atomic E-state index is 0.0137. The average molecular weight is 569 g/mol. The lowest BCUT2D eigenvalue weighted by molar-refractivity contribution is -0.138. The molecule has 1 amide bonds. The highest BCUT2D eigenvalue weighted by Crippen LogP contribution is 2.45. The third-order valence-corrected chi connectivity index (χ3v) is 8.03. The Hall–Kier alpha value is -3.82. The molecule has 0 spiro atoms. The van der Waals surface area contributed by atoms with Crippen molar-refractivity contribution in [1.29, 1.82) is 0 Å². The predicted molar refractivity (Wildman–Crippen MR) is 142 cm³/mol. The van der Waals surface area contributed by atoms with Gasteiger partial charge >= 0.3 is 12.3 Å². The molecule has 0 unspecified atom stereocenters. The Morgan fingerprint density at radius 3 is 2.31 bits per heavy atom. The Labute approximate surface area is 231 Å². The molecule has 3 aromatic carbocycles. The van der Waals surface area contributed by atoms with Gasteiger partial charge in [0.1, 0.15) is 11.6 Å². The number of ether oxygens (including phenoxy) is 1. The standard InChI is InChI=1S/C29H20ClF3N2O3S/c30-25-12-11-24(29(31,32)33)22(26(25)39-27-17(15-36)6-5-13-34-27)14-35-28(37)38-16-23-20-9-3-1-7-18(20)19-8-2-4-10-21(19)23/h1-13,15,23H,14,16H2,(H,35,37). The van der Waals surface area contributed by atoms with Gasteiger partial charge in [0.05, 0.1) is 10.6 Å². The van der Waals surface area contributed by atoms with Crippen molar-refractivity contribution >= 4 is 35.7 Å². The highest BCUT2D eigenvalue weighted by atomic mass is 35.5. The van der Waals surface area contributed by atoms with Crippen LogP contribution in [0.4, 0.5) is 18.0 Å². The number of fused-ring (bicyclic) bond motifs is 3. The monoisotopic (exact) mass is 568 g/mol. The maximum Gasteiger partial charge on any atom is 0.416 e. The molecule has 198 valence electrons. The summed E-state index contributed by atoms with van der Waals surface area (Å²) in [4.78, 5) is 28.3. The van der Waals surface area contributed by atoms with Gasteiger partial charge in [0.15, 0.2) is 6.29 Å². The summed E-state index contributed by atoms with van der Waals surface area (Å²) in [5.74, 6) is -0.197. The lowest BCUT2D eigenvalue weighted by Gasteiger charge is -2.19. The number of halogens is 4. The molecule has 0 aliphatic heterocycles. The summed E-state index contributed by atoms with van der Waals surface area (Å²) >= 11 is 7.13. The minimum Gasteiger partial charge on any atom is -0.449 e. The number of hydrogen-bond donors (Lipinski definition) is 1. The zero-order chi connectivity index (χ0) is 27.6. The van der Waals surface area contributed by atoms with Gasteiger partial charge < -0.3 is 10.1 Å². The van der Waals surface area contributed by atoms with Crippen LogP contribution in [-0.2, 0) is 17.5 Å². The fourth-order valence-corrected chi connectivity index (χ4v) is 5.94. The maximum absolute atomic E-state index is 13.9. The number of nitrogens with one attached hydrogen (secondary N) is 1. The Morgan fingerprint density at radius 2 is 1.67 bits per heavy atom.